The maximum absolute atomic E-state index is 11.8. The molecule has 1 N–H and O–H groups in total. The molecule has 0 saturated heterocycles. The Morgan fingerprint density at radius 1 is 1.21 bits per heavy atom. The Kier molecular flexibility index (Phi) is 3.74. The first-order chi connectivity index (χ1) is 9.04. The molecule has 0 spiro atoms. The van der Waals surface area contributed by atoms with Crippen LogP contribution in [0.2, 0.25) is 0 Å². The number of aromatic nitrogens is 2. The van der Waals surface area contributed by atoms with E-state index in [-0.39, 0.29) is 11.6 Å². The molecule has 0 atom stereocenters. The number of carbonyl (C=O) groups excluding carboxylic acids is 1. The molecule has 102 valence electrons. The van der Waals surface area contributed by atoms with Gasteiger partial charge in [0.2, 0.25) is 5.91 Å². The van der Waals surface area contributed by atoms with Gasteiger partial charge < -0.3 is 5.32 Å². The van der Waals surface area contributed by atoms with Gasteiger partial charge in [0.1, 0.15) is 0 Å². The van der Waals surface area contributed by atoms with E-state index < -0.39 is 0 Å². The molecule has 0 aliphatic heterocycles. The highest BCUT2D eigenvalue weighted by molar-refractivity contribution is 5.78. The van der Waals surface area contributed by atoms with Gasteiger partial charge in [0, 0.05) is 27.1 Å². The number of amides is 1. The lowest BCUT2D eigenvalue weighted by Gasteiger charge is -2.05. The SMILES string of the molecule is CCCC(=O)NCc1ccc2c(c1)n(C)c(=O)n2C. The quantitative estimate of drug-likeness (QED) is 0.901. The second-order valence-electron chi connectivity index (χ2n) is 4.75. The lowest BCUT2D eigenvalue weighted by Crippen LogP contribution is -2.22. The van der Waals surface area contributed by atoms with Crippen LogP contribution in [0.15, 0.2) is 23.0 Å². The standard InChI is InChI=1S/C14H19N3O2/c1-4-5-13(18)15-9-10-6-7-11-12(8-10)17(3)14(19)16(11)2/h6-8H,4-5,9H2,1-3H3,(H,15,18). The first-order valence-corrected chi connectivity index (χ1v) is 6.45. The van der Waals surface area contributed by atoms with Gasteiger partial charge in [0.15, 0.2) is 0 Å². The van der Waals surface area contributed by atoms with Crippen molar-refractivity contribution < 1.29 is 4.79 Å². The van der Waals surface area contributed by atoms with Crippen molar-refractivity contribution in [3.05, 3.63) is 34.2 Å². The van der Waals surface area contributed by atoms with Crippen LogP contribution in [0.5, 0.6) is 0 Å². The minimum absolute atomic E-state index is 0.0397. The summed E-state index contributed by atoms with van der Waals surface area (Å²) in [5.41, 5.74) is 2.74. The summed E-state index contributed by atoms with van der Waals surface area (Å²) in [4.78, 5) is 23.2. The Morgan fingerprint density at radius 3 is 2.58 bits per heavy atom. The number of rotatable bonds is 4. The topological polar surface area (TPSA) is 56.0 Å². The van der Waals surface area contributed by atoms with Crippen LogP contribution in [0, 0.1) is 0 Å². The molecule has 1 amide bonds. The molecule has 5 heteroatoms. The van der Waals surface area contributed by atoms with Crippen molar-refractivity contribution in [1.29, 1.82) is 0 Å². The Morgan fingerprint density at radius 2 is 1.89 bits per heavy atom. The number of aryl methyl sites for hydroxylation is 2. The van der Waals surface area contributed by atoms with E-state index in [0.717, 1.165) is 23.0 Å². The average Bonchev–Trinajstić information content (AvgIpc) is 2.62. The van der Waals surface area contributed by atoms with Crippen LogP contribution in [0.4, 0.5) is 0 Å². The summed E-state index contributed by atoms with van der Waals surface area (Å²) in [6.07, 6.45) is 1.39. The van der Waals surface area contributed by atoms with Crippen LogP contribution in [0.3, 0.4) is 0 Å². The van der Waals surface area contributed by atoms with Crippen molar-refractivity contribution in [2.45, 2.75) is 26.3 Å². The highest BCUT2D eigenvalue weighted by Crippen LogP contribution is 2.13. The molecule has 1 heterocycles. The molecule has 0 saturated carbocycles. The monoisotopic (exact) mass is 261 g/mol. The zero-order valence-corrected chi connectivity index (χ0v) is 11.6. The fourth-order valence-electron chi connectivity index (χ4n) is 2.18. The summed E-state index contributed by atoms with van der Waals surface area (Å²) in [6.45, 7) is 2.48. The van der Waals surface area contributed by atoms with Gasteiger partial charge in [0.25, 0.3) is 0 Å². The summed E-state index contributed by atoms with van der Waals surface area (Å²) < 4.78 is 3.24. The van der Waals surface area contributed by atoms with E-state index in [1.165, 1.54) is 0 Å². The lowest BCUT2D eigenvalue weighted by molar-refractivity contribution is -0.121. The summed E-state index contributed by atoms with van der Waals surface area (Å²) in [6, 6.07) is 5.80. The number of hydrogen-bond donors (Lipinski definition) is 1. The van der Waals surface area contributed by atoms with Crippen molar-refractivity contribution in [1.82, 2.24) is 14.5 Å². The van der Waals surface area contributed by atoms with Crippen LogP contribution in [-0.2, 0) is 25.4 Å². The van der Waals surface area contributed by atoms with Gasteiger partial charge in [-0.15, -0.1) is 0 Å². The van der Waals surface area contributed by atoms with E-state index in [0.29, 0.717) is 13.0 Å². The number of nitrogens with one attached hydrogen (secondary N) is 1. The van der Waals surface area contributed by atoms with Crippen LogP contribution in [0.1, 0.15) is 25.3 Å². The number of benzene rings is 1. The predicted molar refractivity (Wildman–Crippen MR) is 74.9 cm³/mol. The van der Waals surface area contributed by atoms with Crippen LogP contribution in [0.25, 0.3) is 11.0 Å². The molecular formula is C14H19N3O2. The molecule has 0 bridgehead atoms. The van der Waals surface area contributed by atoms with Crippen molar-refractivity contribution in [2.75, 3.05) is 0 Å². The van der Waals surface area contributed by atoms with E-state index in [4.69, 9.17) is 0 Å². The fraction of sp³-hybridized carbons (Fsp3) is 0.429. The maximum Gasteiger partial charge on any atom is 0.328 e. The van der Waals surface area contributed by atoms with Crippen molar-refractivity contribution in [2.24, 2.45) is 14.1 Å². The van der Waals surface area contributed by atoms with Crippen molar-refractivity contribution in [3.63, 3.8) is 0 Å². The zero-order valence-electron chi connectivity index (χ0n) is 11.6. The fourth-order valence-corrected chi connectivity index (χ4v) is 2.18. The molecule has 0 radical (unpaired) electrons. The van der Waals surface area contributed by atoms with E-state index in [9.17, 15) is 9.59 Å². The van der Waals surface area contributed by atoms with Gasteiger partial charge in [-0.2, -0.15) is 0 Å². The smallest absolute Gasteiger partial charge is 0.328 e. The van der Waals surface area contributed by atoms with Crippen LogP contribution < -0.4 is 11.0 Å². The number of hydrogen-bond acceptors (Lipinski definition) is 2. The van der Waals surface area contributed by atoms with Gasteiger partial charge in [-0.25, -0.2) is 4.79 Å². The zero-order chi connectivity index (χ0) is 14.0. The normalized spacial score (nSPS) is 10.9. The first-order valence-electron chi connectivity index (χ1n) is 6.45. The summed E-state index contributed by atoms with van der Waals surface area (Å²) in [5, 5.41) is 2.87. The van der Waals surface area contributed by atoms with Gasteiger partial charge in [-0.3, -0.25) is 13.9 Å². The van der Waals surface area contributed by atoms with Gasteiger partial charge >= 0.3 is 5.69 Å². The summed E-state index contributed by atoms with van der Waals surface area (Å²) >= 11 is 0. The molecule has 0 aliphatic rings. The van der Waals surface area contributed by atoms with Crippen LogP contribution in [-0.4, -0.2) is 15.0 Å². The molecule has 2 aromatic rings. The van der Waals surface area contributed by atoms with Gasteiger partial charge in [-0.05, 0) is 24.1 Å². The summed E-state index contributed by atoms with van der Waals surface area (Å²) in [5.74, 6) is 0.0598. The Labute approximate surface area is 111 Å². The van der Waals surface area contributed by atoms with Crippen LogP contribution >= 0.6 is 0 Å². The third-order valence-corrected chi connectivity index (χ3v) is 3.30. The third kappa shape index (κ3) is 2.54. The highest BCUT2D eigenvalue weighted by atomic mass is 16.2. The van der Waals surface area contributed by atoms with Gasteiger partial charge in [-0.1, -0.05) is 13.0 Å². The number of nitrogens with zero attached hydrogens (tertiary/aromatic N) is 2. The molecule has 1 aromatic heterocycles. The van der Waals surface area contributed by atoms with Crippen molar-refractivity contribution >= 4 is 16.9 Å². The molecule has 0 aliphatic carbocycles. The largest absolute Gasteiger partial charge is 0.352 e. The molecule has 1 aromatic carbocycles. The van der Waals surface area contributed by atoms with E-state index in [2.05, 4.69) is 5.32 Å². The Bertz CT molecular complexity index is 667. The molecular weight excluding hydrogens is 242 g/mol. The number of carbonyl (C=O) groups is 1. The summed E-state index contributed by atoms with van der Waals surface area (Å²) in [7, 11) is 3.51. The minimum Gasteiger partial charge on any atom is -0.352 e. The maximum atomic E-state index is 11.8. The Balaban J connectivity index is 2.25. The second kappa shape index (κ2) is 5.30. The molecule has 2 rings (SSSR count). The molecule has 0 fully saturated rings. The molecule has 0 unspecified atom stereocenters. The molecule has 19 heavy (non-hydrogen) atoms. The third-order valence-electron chi connectivity index (χ3n) is 3.30. The Hall–Kier alpha value is -2.04. The average molecular weight is 261 g/mol. The predicted octanol–water partition coefficient (Wildman–Crippen LogP) is 1.29. The number of imidazole rings is 1. The number of fused-ring (bicyclic) bond motifs is 1. The minimum atomic E-state index is -0.0397. The lowest BCUT2D eigenvalue weighted by atomic mass is 10.2. The highest BCUT2D eigenvalue weighted by Gasteiger charge is 2.08. The van der Waals surface area contributed by atoms with E-state index >= 15 is 0 Å². The second-order valence-corrected chi connectivity index (χ2v) is 4.75. The first kappa shape index (κ1) is 13.4. The van der Waals surface area contributed by atoms with Gasteiger partial charge in [0.05, 0.1) is 11.0 Å². The molecule has 5 nitrogen and oxygen atoms in total. The van der Waals surface area contributed by atoms with E-state index in [1.807, 2.05) is 25.1 Å². The van der Waals surface area contributed by atoms with Crippen molar-refractivity contribution in [3.8, 4) is 0 Å². The van der Waals surface area contributed by atoms with E-state index in [1.54, 1.807) is 23.2 Å².